The molecule has 1 aliphatic rings. The molecule has 2 nitrogen and oxygen atoms in total. The fraction of sp³-hybridized carbons (Fsp3) is 1.00. The number of hydrogen-bond acceptors (Lipinski definition) is 2. The zero-order valence-corrected chi connectivity index (χ0v) is 9.00. The summed E-state index contributed by atoms with van der Waals surface area (Å²) in [6.07, 6.45) is 6.06. The van der Waals surface area contributed by atoms with Gasteiger partial charge in [0.25, 0.3) is 0 Å². The van der Waals surface area contributed by atoms with E-state index in [0.717, 1.165) is 25.2 Å². The van der Waals surface area contributed by atoms with Crippen LogP contribution < -0.4 is 11.5 Å². The van der Waals surface area contributed by atoms with Crippen LogP contribution in [0.4, 0.5) is 0 Å². The van der Waals surface area contributed by atoms with E-state index in [1.54, 1.807) is 0 Å². The van der Waals surface area contributed by atoms with Gasteiger partial charge in [0.1, 0.15) is 0 Å². The van der Waals surface area contributed by atoms with Gasteiger partial charge in [-0.1, -0.05) is 13.8 Å². The summed E-state index contributed by atoms with van der Waals surface area (Å²) in [6, 6.07) is 0.794. The quantitative estimate of drug-likeness (QED) is 0.662. The average molecular weight is 184 g/mol. The van der Waals surface area contributed by atoms with E-state index in [0.29, 0.717) is 18.0 Å². The molecule has 4 N–H and O–H groups in total. The van der Waals surface area contributed by atoms with Crippen molar-refractivity contribution in [2.45, 2.75) is 58.0 Å². The van der Waals surface area contributed by atoms with E-state index in [1.165, 1.54) is 12.8 Å². The van der Waals surface area contributed by atoms with E-state index in [-0.39, 0.29) is 0 Å². The third-order valence-electron chi connectivity index (χ3n) is 2.87. The summed E-state index contributed by atoms with van der Waals surface area (Å²) in [4.78, 5) is 0. The van der Waals surface area contributed by atoms with Gasteiger partial charge in [-0.3, -0.25) is 0 Å². The molecule has 0 radical (unpaired) electrons. The Morgan fingerprint density at radius 2 is 1.77 bits per heavy atom. The molecule has 0 bridgehead atoms. The van der Waals surface area contributed by atoms with Gasteiger partial charge in [-0.05, 0) is 43.9 Å². The summed E-state index contributed by atoms with van der Waals surface area (Å²) < 4.78 is 0. The van der Waals surface area contributed by atoms with E-state index in [4.69, 9.17) is 11.5 Å². The van der Waals surface area contributed by atoms with Crippen LogP contribution in [-0.4, -0.2) is 12.1 Å². The van der Waals surface area contributed by atoms with Crippen molar-refractivity contribution >= 4 is 0 Å². The molecule has 1 aliphatic carbocycles. The van der Waals surface area contributed by atoms with Crippen LogP contribution in [0.2, 0.25) is 0 Å². The molecule has 2 atom stereocenters. The molecule has 0 aliphatic heterocycles. The highest BCUT2D eigenvalue weighted by atomic mass is 14.7. The molecule has 13 heavy (non-hydrogen) atoms. The summed E-state index contributed by atoms with van der Waals surface area (Å²) in [5.41, 5.74) is 12.0. The van der Waals surface area contributed by atoms with Crippen molar-refractivity contribution in [2.24, 2.45) is 23.3 Å². The van der Waals surface area contributed by atoms with Crippen molar-refractivity contribution in [1.29, 1.82) is 0 Å². The Labute approximate surface area is 82.1 Å². The monoisotopic (exact) mass is 184 g/mol. The minimum absolute atomic E-state index is 0.366. The van der Waals surface area contributed by atoms with Crippen molar-refractivity contribution in [3.8, 4) is 0 Å². The Bertz CT molecular complexity index is 141. The minimum atomic E-state index is 0.366. The summed E-state index contributed by atoms with van der Waals surface area (Å²) in [5, 5.41) is 0. The summed E-state index contributed by atoms with van der Waals surface area (Å²) >= 11 is 0. The van der Waals surface area contributed by atoms with Crippen LogP contribution in [0.5, 0.6) is 0 Å². The molecular weight excluding hydrogens is 160 g/mol. The summed E-state index contributed by atoms with van der Waals surface area (Å²) in [7, 11) is 0. The molecule has 2 heteroatoms. The van der Waals surface area contributed by atoms with Gasteiger partial charge in [-0.2, -0.15) is 0 Å². The van der Waals surface area contributed by atoms with Crippen LogP contribution in [0.3, 0.4) is 0 Å². The van der Waals surface area contributed by atoms with E-state index in [9.17, 15) is 0 Å². The molecule has 0 heterocycles. The SMILES string of the molecule is CC(C)C[C@@H](N)CCC(N)C1CC1. The fourth-order valence-electron chi connectivity index (χ4n) is 1.89. The summed E-state index contributed by atoms with van der Waals surface area (Å²) in [5.74, 6) is 1.54. The van der Waals surface area contributed by atoms with Gasteiger partial charge >= 0.3 is 0 Å². The first kappa shape index (κ1) is 11.0. The standard InChI is InChI=1S/C11H24N2/c1-8(2)7-10(12)5-6-11(13)9-3-4-9/h8-11H,3-7,12-13H2,1-2H3/t10-,11?/m0/s1. The molecule has 1 saturated carbocycles. The Morgan fingerprint density at radius 1 is 1.15 bits per heavy atom. The maximum Gasteiger partial charge on any atom is 0.00677 e. The van der Waals surface area contributed by atoms with E-state index >= 15 is 0 Å². The van der Waals surface area contributed by atoms with Crippen LogP contribution in [-0.2, 0) is 0 Å². The Hall–Kier alpha value is -0.0800. The van der Waals surface area contributed by atoms with E-state index in [1.807, 2.05) is 0 Å². The maximum absolute atomic E-state index is 6.00. The highest BCUT2D eigenvalue weighted by Gasteiger charge is 2.28. The Morgan fingerprint density at radius 3 is 2.23 bits per heavy atom. The summed E-state index contributed by atoms with van der Waals surface area (Å²) in [6.45, 7) is 4.45. The van der Waals surface area contributed by atoms with Crippen molar-refractivity contribution < 1.29 is 0 Å². The maximum atomic E-state index is 6.00. The number of nitrogens with two attached hydrogens (primary N) is 2. The van der Waals surface area contributed by atoms with E-state index in [2.05, 4.69) is 13.8 Å². The molecule has 0 saturated heterocycles. The third-order valence-corrected chi connectivity index (χ3v) is 2.87. The van der Waals surface area contributed by atoms with Crippen LogP contribution in [0.25, 0.3) is 0 Å². The van der Waals surface area contributed by atoms with E-state index < -0.39 is 0 Å². The predicted molar refractivity (Wildman–Crippen MR) is 57.4 cm³/mol. The van der Waals surface area contributed by atoms with Gasteiger partial charge in [-0.15, -0.1) is 0 Å². The molecule has 0 spiro atoms. The normalized spacial score (nSPS) is 21.9. The highest BCUT2D eigenvalue weighted by Crippen LogP contribution is 2.33. The topological polar surface area (TPSA) is 52.0 Å². The lowest BCUT2D eigenvalue weighted by molar-refractivity contribution is 0.429. The average Bonchev–Trinajstić information content (AvgIpc) is 2.80. The first-order valence-corrected chi connectivity index (χ1v) is 5.60. The zero-order valence-electron chi connectivity index (χ0n) is 9.00. The predicted octanol–water partition coefficient (Wildman–Crippen LogP) is 1.88. The van der Waals surface area contributed by atoms with Gasteiger partial charge in [0.2, 0.25) is 0 Å². The molecule has 1 fully saturated rings. The van der Waals surface area contributed by atoms with Crippen molar-refractivity contribution in [1.82, 2.24) is 0 Å². The van der Waals surface area contributed by atoms with Crippen molar-refractivity contribution in [2.75, 3.05) is 0 Å². The second kappa shape index (κ2) is 4.97. The second-order valence-corrected chi connectivity index (χ2v) is 4.97. The lowest BCUT2D eigenvalue weighted by Crippen LogP contribution is -2.28. The lowest BCUT2D eigenvalue weighted by atomic mass is 9.97. The number of rotatable bonds is 6. The second-order valence-electron chi connectivity index (χ2n) is 4.97. The van der Waals surface area contributed by atoms with Crippen molar-refractivity contribution in [3.05, 3.63) is 0 Å². The third kappa shape index (κ3) is 4.63. The molecule has 0 amide bonds. The molecule has 0 aromatic heterocycles. The minimum Gasteiger partial charge on any atom is -0.328 e. The molecular formula is C11H24N2. The van der Waals surface area contributed by atoms with Gasteiger partial charge in [0, 0.05) is 12.1 Å². The zero-order chi connectivity index (χ0) is 9.84. The van der Waals surface area contributed by atoms with Crippen molar-refractivity contribution in [3.63, 3.8) is 0 Å². The molecule has 0 aromatic carbocycles. The molecule has 78 valence electrons. The lowest BCUT2D eigenvalue weighted by Gasteiger charge is -2.16. The Balaban J connectivity index is 2.03. The van der Waals surface area contributed by atoms with Crippen LogP contribution in [0, 0.1) is 11.8 Å². The smallest absolute Gasteiger partial charge is 0.00677 e. The van der Waals surface area contributed by atoms with Crippen LogP contribution >= 0.6 is 0 Å². The largest absolute Gasteiger partial charge is 0.328 e. The van der Waals surface area contributed by atoms with Gasteiger partial charge in [0.05, 0.1) is 0 Å². The molecule has 0 aromatic rings. The first-order valence-electron chi connectivity index (χ1n) is 5.60. The Kier molecular flexibility index (Phi) is 4.20. The number of hydrogen-bond donors (Lipinski definition) is 2. The first-order chi connectivity index (χ1) is 6.09. The van der Waals surface area contributed by atoms with Crippen LogP contribution in [0.1, 0.15) is 46.0 Å². The van der Waals surface area contributed by atoms with Gasteiger partial charge in [0.15, 0.2) is 0 Å². The van der Waals surface area contributed by atoms with Gasteiger partial charge < -0.3 is 11.5 Å². The van der Waals surface area contributed by atoms with Gasteiger partial charge in [-0.25, -0.2) is 0 Å². The van der Waals surface area contributed by atoms with Crippen LogP contribution in [0.15, 0.2) is 0 Å². The highest BCUT2D eigenvalue weighted by molar-refractivity contribution is 4.84. The molecule has 1 rings (SSSR count). The fourth-order valence-corrected chi connectivity index (χ4v) is 1.89. The molecule has 1 unspecified atom stereocenters.